The van der Waals surface area contributed by atoms with Crippen LogP contribution in [0.25, 0.3) is 0 Å². The zero-order chi connectivity index (χ0) is 12.6. The van der Waals surface area contributed by atoms with Gasteiger partial charge in [-0.25, -0.2) is 0 Å². The quantitative estimate of drug-likeness (QED) is 0.785. The number of nitrogens with zero attached hydrogens (tertiary/aromatic N) is 2. The molecule has 0 N–H and O–H groups in total. The molecule has 3 nitrogen and oxygen atoms in total. The van der Waals surface area contributed by atoms with Gasteiger partial charge in [0, 0.05) is 17.7 Å². The van der Waals surface area contributed by atoms with Crippen molar-refractivity contribution in [2.75, 3.05) is 4.90 Å². The molecule has 3 heteroatoms. The molecule has 0 atom stereocenters. The third kappa shape index (κ3) is 2.19. The predicted octanol–water partition coefficient (Wildman–Crippen LogP) is 3.11. The lowest BCUT2D eigenvalue weighted by atomic mass is 10.0. The first kappa shape index (κ1) is 12.1. The molecule has 0 aliphatic carbocycles. The first-order valence-electron chi connectivity index (χ1n) is 6.21. The first-order valence-corrected chi connectivity index (χ1v) is 6.21. The van der Waals surface area contributed by atoms with E-state index in [0.29, 0.717) is 12.3 Å². The normalized spacial score (nSPS) is 19.1. The van der Waals surface area contributed by atoms with Crippen LogP contribution in [0.3, 0.4) is 0 Å². The second kappa shape index (κ2) is 4.13. The van der Waals surface area contributed by atoms with Crippen LogP contribution in [0.2, 0.25) is 0 Å². The van der Waals surface area contributed by atoms with E-state index in [9.17, 15) is 4.79 Å². The maximum Gasteiger partial charge on any atom is 0.227 e. The second-order valence-corrected chi connectivity index (χ2v) is 5.64. The topological polar surface area (TPSA) is 33.2 Å². The highest BCUT2D eigenvalue weighted by Gasteiger charge is 2.38. The third-order valence-electron chi connectivity index (χ3n) is 3.43. The Morgan fingerprint density at radius 3 is 2.47 bits per heavy atom. The van der Waals surface area contributed by atoms with Crippen molar-refractivity contribution in [3.63, 3.8) is 0 Å². The number of rotatable bonds is 2. The summed E-state index contributed by atoms with van der Waals surface area (Å²) in [6.45, 7) is 8.45. The van der Waals surface area contributed by atoms with E-state index >= 15 is 0 Å². The van der Waals surface area contributed by atoms with E-state index in [1.54, 1.807) is 0 Å². The van der Waals surface area contributed by atoms with Gasteiger partial charge in [0.25, 0.3) is 0 Å². The van der Waals surface area contributed by atoms with Gasteiger partial charge in [-0.2, -0.15) is 0 Å². The van der Waals surface area contributed by atoms with Crippen molar-refractivity contribution in [2.45, 2.75) is 52.0 Å². The number of aromatic nitrogens is 1. The van der Waals surface area contributed by atoms with Crippen molar-refractivity contribution >= 4 is 11.6 Å². The molecule has 0 spiro atoms. The monoisotopic (exact) mass is 232 g/mol. The van der Waals surface area contributed by atoms with Gasteiger partial charge in [-0.15, -0.1) is 0 Å². The lowest BCUT2D eigenvalue weighted by molar-refractivity contribution is -0.117. The van der Waals surface area contributed by atoms with Gasteiger partial charge < -0.3 is 4.90 Å². The summed E-state index contributed by atoms with van der Waals surface area (Å²) in [6, 6.07) is 4.02. The number of carbonyl (C=O) groups is 1. The minimum Gasteiger partial charge on any atom is -0.305 e. The Morgan fingerprint density at radius 2 is 2.06 bits per heavy atom. The number of hydrogen-bond acceptors (Lipinski definition) is 2. The molecule has 1 fully saturated rings. The van der Waals surface area contributed by atoms with Crippen molar-refractivity contribution in [1.82, 2.24) is 4.98 Å². The van der Waals surface area contributed by atoms with Crippen LogP contribution in [0.4, 0.5) is 5.69 Å². The molecule has 0 unspecified atom stereocenters. The van der Waals surface area contributed by atoms with Gasteiger partial charge in [0.15, 0.2) is 0 Å². The van der Waals surface area contributed by atoms with E-state index in [1.807, 2.05) is 23.2 Å². The van der Waals surface area contributed by atoms with E-state index in [-0.39, 0.29) is 11.4 Å². The summed E-state index contributed by atoms with van der Waals surface area (Å²) < 4.78 is 0. The highest BCUT2D eigenvalue weighted by molar-refractivity contribution is 5.97. The Balaban J connectivity index is 2.31. The molecule has 2 rings (SSSR count). The van der Waals surface area contributed by atoms with Gasteiger partial charge >= 0.3 is 0 Å². The fourth-order valence-corrected chi connectivity index (χ4v) is 2.34. The van der Waals surface area contributed by atoms with Crippen LogP contribution in [0.15, 0.2) is 18.3 Å². The molecule has 0 saturated carbocycles. The van der Waals surface area contributed by atoms with Gasteiger partial charge in [0.2, 0.25) is 5.91 Å². The zero-order valence-corrected chi connectivity index (χ0v) is 11.0. The van der Waals surface area contributed by atoms with Crippen LogP contribution in [0.1, 0.15) is 52.1 Å². The lowest BCUT2D eigenvalue weighted by Gasteiger charge is -2.31. The van der Waals surface area contributed by atoms with E-state index in [4.69, 9.17) is 0 Å². The predicted molar refractivity (Wildman–Crippen MR) is 69.1 cm³/mol. The molecule has 0 bridgehead atoms. The number of amides is 1. The molecular formula is C14H20N2O. The lowest BCUT2D eigenvalue weighted by Crippen LogP contribution is -2.40. The molecule has 92 valence electrons. The van der Waals surface area contributed by atoms with E-state index < -0.39 is 0 Å². The summed E-state index contributed by atoms with van der Waals surface area (Å²) in [5, 5.41) is 0. The van der Waals surface area contributed by atoms with Gasteiger partial charge in [0.1, 0.15) is 0 Å². The number of pyridine rings is 1. The summed E-state index contributed by atoms with van der Waals surface area (Å²) in [4.78, 5) is 18.2. The molecule has 17 heavy (non-hydrogen) atoms. The van der Waals surface area contributed by atoms with Crippen molar-refractivity contribution in [1.29, 1.82) is 0 Å². The minimum absolute atomic E-state index is 0.0852. The van der Waals surface area contributed by atoms with Crippen LogP contribution in [0, 0.1) is 0 Å². The average molecular weight is 232 g/mol. The van der Waals surface area contributed by atoms with Gasteiger partial charge in [-0.1, -0.05) is 13.8 Å². The summed E-state index contributed by atoms with van der Waals surface area (Å²) in [6.07, 6.45) is 3.37. The van der Waals surface area contributed by atoms with Crippen LogP contribution < -0.4 is 4.90 Å². The van der Waals surface area contributed by atoms with Gasteiger partial charge in [0.05, 0.1) is 11.9 Å². The summed E-state index contributed by atoms with van der Waals surface area (Å²) in [7, 11) is 0. The fourth-order valence-electron chi connectivity index (χ4n) is 2.34. The molecule has 1 aromatic rings. The van der Waals surface area contributed by atoms with Gasteiger partial charge in [-0.3, -0.25) is 9.78 Å². The molecule has 1 amide bonds. The van der Waals surface area contributed by atoms with Crippen molar-refractivity contribution < 1.29 is 4.79 Å². The van der Waals surface area contributed by atoms with Crippen LogP contribution in [0.5, 0.6) is 0 Å². The van der Waals surface area contributed by atoms with Crippen LogP contribution in [-0.2, 0) is 4.79 Å². The SMILES string of the molecule is CC(C)c1ccc(N2C(=O)CCC2(C)C)cn1. The summed E-state index contributed by atoms with van der Waals surface area (Å²) in [5.41, 5.74) is 1.90. The van der Waals surface area contributed by atoms with E-state index in [2.05, 4.69) is 32.7 Å². The molecule has 1 aliphatic rings. The van der Waals surface area contributed by atoms with Crippen LogP contribution in [-0.4, -0.2) is 16.4 Å². The van der Waals surface area contributed by atoms with Crippen molar-refractivity contribution in [3.05, 3.63) is 24.0 Å². The first-order chi connectivity index (χ1) is 7.92. The minimum atomic E-state index is -0.0852. The second-order valence-electron chi connectivity index (χ2n) is 5.64. The zero-order valence-electron chi connectivity index (χ0n) is 11.0. The smallest absolute Gasteiger partial charge is 0.227 e. The van der Waals surface area contributed by atoms with Crippen molar-refractivity contribution in [2.24, 2.45) is 0 Å². The molecule has 0 aromatic carbocycles. The molecular weight excluding hydrogens is 212 g/mol. The maximum absolute atomic E-state index is 11.9. The highest BCUT2D eigenvalue weighted by Crippen LogP contribution is 2.34. The summed E-state index contributed by atoms with van der Waals surface area (Å²) in [5.74, 6) is 0.625. The maximum atomic E-state index is 11.9. The van der Waals surface area contributed by atoms with Crippen LogP contribution >= 0.6 is 0 Å². The van der Waals surface area contributed by atoms with Gasteiger partial charge in [-0.05, 0) is 38.3 Å². The fraction of sp³-hybridized carbons (Fsp3) is 0.571. The van der Waals surface area contributed by atoms with E-state index in [1.165, 1.54) is 0 Å². The number of carbonyl (C=O) groups excluding carboxylic acids is 1. The molecule has 0 radical (unpaired) electrons. The molecule has 1 aliphatic heterocycles. The molecule has 2 heterocycles. The number of anilines is 1. The summed E-state index contributed by atoms with van der Waals surface area (Å²) >= 11 is 0. The largest absolute Gasteiger partial charge is 0.305 e. The molecule has 1 aromatic heterocycles. The average Bonchev–Trinajstić information content (AvgIpc) is 2.53. The Kier molecular flexibility index (Phi) is 2.94. The van der Waals surface area contributed by atoms with Crippen molar-refractivity contribution in [3.8, 4) is 0 Å². The van der Waals surface area contributed by atoms with E-state index in [0.717, 1.165) is 17.8 Å². The Hall–Kier alpha value is -1.38. The molecule has 1 saturated heterocycles. The standard InChI is InChI=1S/C14H20N2O/c1-10(2)12-6-5-11(9-15-12)16-13(17)7-8-14(16,3)4/h5-6,9-10H,7-8H2,1-4H3. The third-order valence-corrected chi connectivity index (χ3v) is 3.43. The highest BCUT2D eigenvalue weighted by atomic mass is 16.2. The number of hydrogen-bond donors (Lipinski definition) is 0. The Morgan fingerprint density at radius 1 is 1.35 bits per heavy atom. The Labute approximate surface area is 103 Å². The Bertz CT molecular complexity index is 420.